The molecule has 6 nitrogen and oxygen atoms in total. The van der Waals surface area contributed by atoms with Crippen LogP contribution in [0.1, 0.15) is 18.9 Å². The van der Waals surface area contributed by atoms with Crippen LogP contribution in [-0.4, -0.2) is 62.2 Å². The Morgan fingerprint density at radius 1 is 1.43 bits per heavy atom. The number of rotatable bonds is 6. The van der Waals surface area contributed by atoms with E-state index in [1.54, 1.807) is 13.3 Å². The van der Waals surface area contributed by atoms with Crippen LogP contribution in [0, 0.1) is 5.92 Å². The second kappa shape index (κ2) is 6.37. The van der Waals surface area contributed by atoms with Crippen molar-refractivity contribution < 1.29 is 17.9 Å². The van der Waals surface area contributed by atoms with Crippen molar-refractivity contribution in [3.63, 3.8) is 0 Å². The highest BCUT2D eigenvalue weighted by molar-refractivity contribution is 7.93. The molecule has 0 unspecified atom stereocenters. The number of methoxy groups -OCH3 is 1. The summed E-state index contributed by atoms with van der Waals surface area (Å²) in [5, 5.41) is 0. The van der Waals surface area contributed by atoms with E-state index < -0.39 is 14.6 Å². The lowest BCUT2D eigenvalue weighted by atomic mass is 9.83. The first kappa shape index (κ1) is 16.7. The molecule has 1 spiro atoms. The summed E-state index contributed by atoms with van der Waals surface area (Å²) in [5.41, 5.74) is 0.988. The Morgan fingerprint density at radius 3 is 2.91 bits per heavy atom. The van der Waals surface area contributed by atoms with Gasteiger partial charge in [0, 0.05) is 43.9 Å². The Bertz CT molecular complexity index is 656. The molecule has 3 rings (SSSR count). The summed E-state index contributed by atoms with van der Waals surface area (Å²) in [6, 6.07) is 3.84. The van der Waals surface area contributed by atoms with Crippen molar-refractivity contribution in [1.29, 1.82) is 0 Å². The lowest BCUT2D eigenvalue weighted by Gasteiger charge is -2.50. The lowest BCUT2D eigenvalue weighted by molar-refractivity contribution is 0.0288. The summed E-state index contributed by atoms with van der Waals surface area (Å²) in [6.45, 7) is 4.92. The minimum atomic E-state index is -3.04. The zero-order valence-corrected chi connectivity index (χ0v) is 14.5. The van der Waals surface area contributed by atoms with Gasteiger partial charge in [-0.15, -0.1) is 0 Å². The smallest absolute Gasteiger partial charge is 0.217 e. The average molecular weight is 340 g/mol. The fourth-order valence-electron chi connectivity index (χ4n) is 3.76. The molecule has 1 aromatic rings. The molecule has 0 aromatic carbocycles. The Hall–Kier alpha value is -1.18. The van der Waals surface area contributed by atoms with E-state index in [0.29, 0.717) is 45.1 Å². The maximum atomic E-state index is 12.5. The van der Waals surface area contributed by atoms with E-state index in [0.717, 1.165) is 5.56 Å². The molecule has 23 heavy (non-hydrogen) atoms. The summed E-state index contributed by atoms with van der Waals surface area (Å²) in [5.74, 6) is 1.00. The number of nitrogens with zero attached hydrogens (tertiary/aromatic N) is 2. The minimum absolute atomic E-state index is 0.111. The fraction of sp³-hybridized carbons (Fsp3) is 0.688. The third-order valence-corrected chi connectivity index (χ3v) is 7.64. The van der Waals surface area contributed by atoms with Gasteiger partial charge < -0.3 is 9.47 Å². The molecule has 2 saturated heterocycles. The zero-order chi connectivity index (χ0) is 16.5. The predicted octanol–water partition coefficient (Wildman–Crippen LogP) is 1.12. The number of pyridine rings is 1. The van der Waals surface area contributed by atoms with E-state index in [-0.39, 0.29) is 11.7 Å². The van der Waals surface area contributed by atoms with Crippen LogP contribution in [0.3, 0.4) is 0 Å². The molecule has 0 saturated carbocycles. The van der Waals surface area contributed by atoms with E-state index in [2.05, 4.69) is 9.88 Å². The molecule has 0 amide bonds. The molecular weight excluding hydrogens is 316 g/mol. The monoisotopic (exact) mass is 340 g/mol. The van der Waals surface area contributed by atoms with Crippen LogP contribution in [-0.2, 0) is 21.1 Å². The first-order valence-electron chi connectivity index (χ1n) is 8.02. The van der Waals surface area contributed by atoms with Crippen molar-refractivity contribution in [1.82, 2.24) is 9.88 Å². The van der Waals surface area contributed by atoms with Crippen molar-refractivity contribution in [3.05, 3.63) is 23.9 Å². The molecule has 0 bridgehead atoms. The number of likely N-dealkylation sites (tertiary alicyclic amines) is 1. The molecular formula is C16H24N2O4S. The van der Waals surface area contributed by atoms with Crippen LogP contribution in [0.15, 0.2) is 18.3 Å². The highest BCUT2D eigenvalue weighted by Crippen LogP contribution is 2.45. The molecule has 1 atom stereocenters. The van der Waals surface area contributed by atoms with Gasteiger partial charge in [-0.2, -0.15) is 0 Å². The second-order valence-corrected chi connectivity index (χ2v) is 8.80. The van der Waals surface area contributed by atoms with E-state index in [1.807, 2.05) is 19.1 Å². The third kappa shape index (κ3) is 2.86. The van der Waals surface area contributed by atoms with Crippen LogP contribution in [0.2, 0.25) is 0 Å². The molecule has 2 aliphatic heterocycles. The molecule has 2 fully saturated rings. The van der Waals surface area contributed by atoms with Crippen molar-refractivity contribution in [3.8, 4) is 5.88 Å². The predicted molar refractivity (Wildman–Crippen MR) is 87.2 cm³/mol. The third-order valence-electron chi connectivity index (χ3n) is 5.04. The van der Waals surface area contributed by atoms with Crippen molar-refractivity contribution >= 4 is 9.84 Å². The standard InChI is InChI=1S/C16H24N2O4S/c1-3-22-10-14-6-8-23(19,20)16(14)11-18(12-16)9-13-5-4-7-17-15(13)21-2/h4-5,7,14H,3,6,8-12H2,1-2H3/t14-/m1/s1. The highest BCUT2D eigenvalue weighted by Gasteiger charge is 2.61. The molecule has 2 aliphatic rings. The van der Waals surface area contributed by atoms with Crippen molar-refractivity contribution in [2.75, 3.05) is 39.2 Å². The topological polar surface area (TPSA) is 68.7 Å². The van der Waals surface area contributed by atoms with Gasteiger partial charge in [0.1, 0.15) is 4.75 Å². The van der Waals surface area contributed by atoms with Gasteiger partial charge in [-0.1, -0.05) is 6.07 Å². The lowest BCUT2D eigenvalue weighted by Crippen LogP contribution is -2.67. The number of hydrogen-bond acceptors (Lipinski definition) is 6. The van der Waals surface area contributed by atoms with Crippen LogP contribution < -0.4 is 4.74 Å². The Labute approximate surface area is 137 Å². The molecule has 0 N–H and O–H groups in total. The van der Waals surface area contributed by atoms with Gasteiger partial charge in [-0.25, -0.2) is 13.4 Å². The second-order valence-electron chi connectivity index (χ2n) is 6.35. The van der Waals surface area contributed by atoms with Crippen LogP contribution in [0.25, 0.3) is 0 Å². The Kier molecular flexibility index (Phi) is 4.62. The quantitative estimate of drug-likeness (QED) is 0.773. The van der Waals surface area contributed by atoms with Crippen LogP contribution in [0.5, 0.6) is 5.88 Å². The zero-order valence-electron chi connectivity index (χ0n) is 13.7. The largest absolute Gasteiger partial charge is 0.481 e. The summed E-state index contributed by atoms with van der Waals surface area (Å²) in [7, 11) is -1.44. The normalized spacial score (nSPS) is 25.4. The first-order chi connectivity index (χ1) is 11.0. The van der Waals surface area contributed by atoms with Gasteiger partial charge in [-0.05, 0) is 19.4 Å². The number of sulfone groups is 1. The van der Waals surface area contributed by atoms with E-state index >= 15 is 0 Å². The van der Waals surface area contributed by atoms with Gasteiger partial charge in [-0.3, -0.25) is 4.90 Å². The summed E-state index contributed by atoms with van der Waals surface area (Å²) < 4.78 is 35.3. The highest BCUT2D eigenvalue weighted by atomic mass is 32.2. The summed E-state index contributed by atoms with van der Waals surface area (Å²) in [6.07, 6.45) is 2.41. The summed E-state index contributed by atoms with van der Waals surface area (Å²) in [4.78, 5) is 6.35. The van der Waals surface area contributed by atoms with Crippen LogP contribution in [0.4, 0.5) is 0 Å². The van der Waals surface area contributed by atoms with Crippen LogP contribution >= 0.6 is 0 Å². The Balaban J connectivity index is 1.70. The summed E-state index contributed by atoms with van der Waals surface area (Å²) >= 11 is 0. The van der Waals surface area contributed by atoms with E-state index in [4.69, 9.17) is 9.47 Å². The van der Waals surface area contributed by atoms with Crippen molar-refractivity contribution in [2.24, 2.45) is 5.92 Å². The molecule has 0 radical (unpaired) electrons. The van der Waals surface area contributed by atoms with E-state index in [9.17, 15) is 8.42 Å². The number of aromatic nitrogens is 1. The van der Waals surface area contributed by atoms with E-state index in [1.165, 1.54) is 0 Å². The van der Waals surface area contributed by atoms with Gasteiger partial charge in [0.15, 0.2) is 9.84 Å². The van der Waals surface area contributed by atoms with Gasteiger partial charge in [0.25, 0.3) is 0 Å². The maximum absolute atomic E-state index is 12.5. The Morgan fingerprint density at radius 2 is 2.22 bits per heavy atom. The van der Waals surface area contributed by atoms with Gasteiger partial charge >= 0.3 is 0 Å². The first-order valence-corrected chi connectivity index (χ1v) is 9.68. The fourth-order valence-corrected chi connectivity index (χ4v) is 6.21. The minimum Gasteiger partial charge on any atom is -0.481 e. The maximum Gasteiger partial charge on any atom is 0.217 e. The number of ether oxygens (including phenoxy) is 2. The van der Waals surface area contributed by atoms with Gasteiger partial charge in [0.2, 0.25) is 5.88 Å². The van der Waals surface area contributed by atoms with Gasteiger partial charge in [0.05, 0.1) is 19.5 Å². The molecule has 0 aliphatic carbocycles. The number of hydrogen-bond donors (Lipinski definition) is 0. The molecule has 3 heterocycles. The molecule has 128 valence electrons. The van der Waals surface area contributed by atoms with Crippen molar-refractivity contribution in [2.45, 2.75) is 24.6 Å². The SMILES string of the molecule is CCOC[C@H]1CCS(=O)(=O)C12CN(Cc1cccnc1OC)C2. The average Bonchev–Trinajstić information content (AvgIpc) is 2.77. The molecule has 7 heteroatoms. The molecule has 1 aromatic heterocycles.